The monoisotopic (exact) mass is 272 g/mol. The predicted molar refractivity (Wildman–Crippen MR) is 74.8 cm³/mol. The lowest BCUT2D eigenvalue weighted by atomic mass is 10.0. The summed E-state index contributed by atoms with van der Waals surface area (Å²) in [7, 11) is 0. The summed E-state index contributed by atoms with van der Waals surface area (Å²) < 4.78 is 1.37. The minimum atomic E-state index is -0.276. The van der Waals surface area contributed by atoms with Gasteiger partial charge in [-0.25, -0.2) is 10.5 Å². The van der Waals surface area contributed by atoms with Crippen LogP contribution in [0.5, 0.6) is 0 Å². The molecule has 0 aliphatic heterocycles. The normalized spacial score (nSPS) is 10.3. The summed E-state index contributed by atoms with van der Waals surface area (Å²) in [5.41, 5.74) is 4.45. The Balaban J connectivity index is 2.29. The number of hydrazine groups is 1. The number of nitrogens with zero attached hydrogens (tertiary/aromatic N) is 2. The molecule has 0 atom stereocenters. The van der Waals surface area contributed by atoms with Crippen LogP contribution in [0.2, 0.25) is 0 Å². The molecule has 0 saturated carbocycles. The Morgan fingerprint density at radius 2 is 2.05 bits per heavy atom. The van der Waals surface area contributed by atoms with Gasteiger partial charge < -0.3 is 0 Å². The van der Waals surface area contributed by atoms with Crippen molar-refractivity contribution in [2.75, 3.05) is 0 Å². The SMILES string of the molecule is Cc1cnn(Cc2ccccc2CC(=O)NN)c(=O)c1. The zero-order chi connectivity index (χ0) is 14.5. The summed E-state index contributed by atoms with van der Waals surface area (Å²) in [6, 6.07) is 8.94. The lowest BCUT2D eigenvalue weighted by molar-refractivity contribution is -0.120. The fourth-order valence-electron chi connectivity index (χ4n) is 1.91. The van der Waals surface area contributed by atoms with Crippen LogP contribution in [0.15, 0.2) is 41.3 Å². The van der Waals surface area contributed by atoms with Gasteiger partial charge in [0.15, 0.2) is 0 Å². The topological polar surface area (TPSA) is 90.0 Å². The number of benzene rings is 1. The average molecular weight is 272 g/mol. The zero-order valence-corrected chi connectivity index (χ0v) is 11.2. The summed E-state index contributed by atoms with van der Waals surface area (Å²) in [5, 5.41) is 4.09. The summed E-state index contributed by atoms with van der Waals surface area (Å²) in [6.07, 6.45) is 1.81. The molecule has 2 rings (SSSR count). The van der Waals surface area contributed by atoms with E-state index in [1.807, 2.05) is 31.2 Å². The maximum Gasteiger partial charge on any atom is 0.267 e. The minimum absolute atomic E-state index is 0.164. The van der Waals surface area contributed by atoms with Gasteiger partial charge in [-0.2, -0.15) is 5.10 Å². The molecule has 104 valence electrons. The maximum atomic E-state index is 11.8. The number of hydrogen-bond donors (Lipinski definition) is 2. The van der Waals surface area contributed by atoms with Crippen LogP contribution in [0.4, 0.5) is 0 Å². The van der Waals surface area contributed by atoms with Gasteiger partial charge in [-0.1, -0.05) is 24.3 Å². The average Bonchev–Trinajstić information content (AvgIpc) is 2.43. The lowest BCUT2D eigenvalue weighted by Crippen LogP contribution is -2.32. The molecule has 0 bridgehead atoms. The van der Waals surface area contributed by atoms with Gasteiger partial charge in [-0.15, -0.1) is 0 Å². The zero-order valence-electron chi connectivity index (χ0n) is 11.2. The van der Waals surface area contributed by atoms with Crippen LogP contribution in [0.25, 0.3) is 0 Å². The molecule has 6 nitrogen and oxygen atoms in total. The van der Waals surface area contributed by atoms with Crippen molar-refractivity contribution in [3.8, 4) is 0 Å². The van der Waals surface area contributed by atoms with Crippen LogP contribution in [-0.4, -0.2) is 15.7 Å². The van der Waals surface area contributed by atoms with Crippen LogP contribution < -0.4 is 16.8 Å². The van der Waals surface area contributed by atoms with Crippen LogP contribution >= 0.6 is 0 Å². The van der Waals surface area contributed by atoms with Crippen molar-refractivity contribution >= 4 is 5.91 Å². The molecule has 0 aliphatic carbocycles. The first-order valence-corrected chi connectivity index (χ1v) is 6.20. The molecule has 3 N–H and O–H groups in total. The van der Waals surface area contributed by atoms with Gasteiger partial charge in [0, 0.05) is 6.07 Å². The Labute approximate surface area is 116 Å². The third-order valence-corrected chi connectivity index (χ3v) is 2.96. The third-order valence-electron chi connectivity index (χ3n) is 2.96. The van der Waals surface area contributed by atoms with Gasteiger partial charge in [-0.3, -0.25) is 15.0 Å². The predicted octanol–water partition coefficient (Wildman–Crippen LogP) is 0.132. The van der Waals surface area contributed by atoms with Crippen LogP contribution in [-0.2, 0) is 17.8 Å². The van der Waals surface area contributed by atoms with Crippen molar-refractivity contribution in [3.63, 3.8) is 0 Å². The standard InChI is InChI=1S/C14H16N4O2/c1-10-6-14(20)18(16-8-10)9-12-5-3-2-4-11(12)7-13(19)17-15/h2-6,8H,7,9,15H2,1H3,(H,17,19). The summed E-state index contributed by atoms with van der Waals surface area (Å²) >= 11 is 0. The van der Waals surface area contributed by atoms with Gasteiger partial charge in [0.2, 0.25) is 5.91 Å². The highest BCUT2D eigenvalue weighted by Crippen LogP contribution is 2.10. The molecular weight excluding hydrogens is 256 g/mol. The van der Waals surface area contributed by atoms with Crippen molar-refractivity contribution in [2.45, 2.75) is 19.9 Å². The fourth-order valence-corrected chi connectivity index (χ4v) is 1.91. The number of carbonyl (C=O) groups is 1. The molecule has 1 heterocycles. The second kappa shape index (κ2) is 6.12. The van der Waals surface area contributed by atoms with Crippen molar-refractivity contribution in [1.29, 1.82) is 0 Å². The second-order valence-corrected chi connectivity index (χ2v) is 4.54. The number of aromatic nitrogens is 2. The van der Waals surface area contributed by atoms with Gasteiger partial charge in [0.1, 0.15) is 0 Å². The highest BCUT2D eigenvalue weighted by Gasteiger charge is 2.08. The molecule has 0 spiro atoms. The van der Waals surface area contributed by atoms with E-state index < -0.39 is 0 Å². The molecule has 0 saturated heterocycles. The molecule has 1 amide bonds. The number of rotatable bonds is 4. The summed E-state index contributed by atoms with van der Waals surface area (Å²) in [6.45, 7) is 2.14. The van der Waals surface area contributed by atoms with Crippen LogP contribution in [0.3, 0.4) is 0 Å². The van der Waals surface area contributed by atoms with Crippen molar-refractivity contribution < 1.29 is 4.79 Å². The Hall–Kier alpha value is -2.47. The van der Waals surface area contributed by atoms with E-state index in [0.29, 0.717) is 6.54 Å². The Morgan fingerprint density at radius 3 is 2.70 bits per heavy atom. The van der Waals surface area contributed by atoms with E-state index in [2.05, 4.69) is 10.5 Å². The largest absolute Gasteiger partial charge is 0.294 e. The minimum Gasteiger partial charge on any atom is -0.294 e. The van der Waals surface area contributed by atoms with E-state index in [0.717, 1.165) is 16.7 Å². The van der Waals surface area contributed by atoms with Gasteiger partial charge >= 0.3 is 0 Å². The smallest absolute Gasteiger partial charge is 0.267 e. The first kappa shape index (κ1) is 14.0. The van der Waals surface area contributed by atoms with E-state index in [1.54, 1.807) is 6.20 Å². The van der Waals surface area contributed by atoms with E-state index in [4.69, 9.17) is 5.84 Å². The molecular formula is C14H16N4O2. The number of hydrogen-bond acceptors (Lipinski definition) is 4. The molecule has 0 unspecified atom stereocenters. The molecule has 6 heteroatoms. The number of aryl methyl sites for hydroxylation is 1. The van der Waals surface area contributed by atoms with Crippen LogP contribution in [0.1, 0.15) is 16.7 Å². The molecule has 0 fully saturated rings. The number of nitrogens with one attached hydrogen (secondary N) is 1. The van der Waals surface area contributed by atoms with Crippen molar-refractivity contribution in [1.82, 2.24) is 15.2 Å². The van der Waals surface area contributed by atoms with Crippen LogP contribution in [0, 0.1) is 6.92 Å². The molecule has 0 aliphatic rings. The fraction of sp³-hybridized carbons (Fsp3) is 0.214. The highest BCUT2D eigenvalue weighted by molar-refractivity contribution is 5.78. The Kier molecular flexibility index (Phi) is 4.27. The van der Waals surface area contributed by atoms with Gasteiger partial charge in [0.05, 0.1) is 19.2 Å². The lowest BCUT2D eigenvalue weighted by Gasteiger charge is -2.10. The van der Waals surface area contributed by atoms with E-state index in [-0.39, 0.29) is 17.9 Å². The first-order chi connectivity index (χ1) is 9.60. The maximum absolute atomic E-state index is 11.8. The first-order valence-electron chi connectivity index (χ1n) is 6.20. The summed E-state index contributed by atoms with van der Waals surface area (Å²) in [5.74, 6) is 4.82. The molecule has 20 heavy (non-hydrogen) atoms. The van der Waals surface area contributed by atoms with E-state index in [1.165, 1.54) is 10.7 Å². The number of nitrogens with two attached hydrogens (primary N) is 1. The Morgan fingerprint density at radius 1 is 1.35 bits per heavy atom. The van der Waals surface area contributed by atoms with E-state index in [9.17, 15) is 9.59 Å². The Bertz CT molecular complexity index is 679. The van der Waals surface area contributed by atoms with Crippen molar-refractivity contribution in [2.24, 2.45) is 5.84 Å². The number of carbonyl (C=O) groups excluding carboxylic acids is 1. The molecule has 1 aromatic carbocycles. The molecule has 1 aromatic heterocycles. The second-order valence-electron chi connectivity index (χ2n) is 4.54. The summed E-state index contributed by atoms with van der Waals surface area (Å²) in [4.78, 5) is 23.2. The highest BCUT2D eigenvalue weighted by atomic mass is 16.2. The quantitative estimate of drug-likeness (QED) is 0.470. The van der Waals surface area contributed by atoms with E-state index >= 15 is 0 Å². The molecule has 0 radical (unpaired) electrons. The number of amides is 1. The van der Waals surface area contributed by atoms with Gasteiger partial charge in [-0.05, 0) is 23.6 Å². The van der Waals surface area contributed by atoms with Crippen molar-refractivity contribution in [3.05, 3.63) is 63.6 Å². The molecule has 2 aromatic rings. The third kappa shape index (κ3) is 3.30. The van der Waals surface area contributed by atoms with Gasteiger partial charge in [0.25, 0.3) is 5.56 Å².